The number of allylic oxidation sites excluding steroid dienone is 8. The van der Waals surface area contributed by atoms with Gasteiger partial charge in [0.25, 0.3) is 0 Å². The Morgan fingerprint density at radius 2 is 1.93 bits per heavy atom. The van der Waals surface area contributed by atoms with Gasteiger partial charge in [0.1, 0.15) is 6.07 Å². The number of nitrogens with zero attached hydrogens (tertiary/aromatic N) is 1. The molecule has 15 heavy (non-hydrogen) atoms. The molecular formula is C13H15NO. The highest BCUT2D eigenvalue weighted by atomic mass is 16.1. The number of rotatable bonds is 4. The van der Waals surface area contributed by atoms with Gasteiger partial charge in [-0.1, -0.05) is 30.4 Å². The molecule has 0 saturated carbocycles. The van der Waals surface area contributed by atoms with Gasteiger partial charge in [0, 0.05) is 0 Å². The van der Waals surface area contributed by atoms with E-state index in [-0.39, 0.29) is 5.57 Å². The number of carbonyl (C=O) groups excluding carboxylic acids is 1. The molecule has 0 aromatic heterocycles. The first kappa shape index (κ1) is 13.1. The van der Waals surface area contributed by atoms with Gasteiger partial charge < -0.3 is 0 Å². The molecule has 0 amide bonds. The molecular weight excluding hydrogens is 186 g/mol. The molecule has 0 aromatic rings. The van der Waals surface area contributed by atoms with Crippen LogP contribution < -0.4 is 0 Å². The van der Waals surface area contributed by atoms with Gasteiger partial charge >= 0.3 is 0 Å². The molecule has 0 spiro atoms. The minimum absolute atomic E-state index is 0.174. The summed E-state index contributed by atoms with van der Waals surface area (Å²) in [5, 5.41) is 8.71. The van der Waals surface area contributed by atoms with Crippen molar-refractivity contribution in [2.75, 3.05) is 0 Å². The van der Waals surface area contributed by atoms with Gasteiger partial charge in [-0.25, -0.2) is 0 Å². The van der Waals surface area contributed by atoms with Crippen LogP contribution in [0.3, 0.4) is 0 Å². The fraction of sp³-hybridized carbons (Fsp3) is 0.231. The van der Waals surface area contributed by atoms with Crippen molar-refractivity contribution in [3.63, 3.8) is 0 Å². The topological polar surface area (TPSA) is 40.9 Å². The van der Waals surface area contributed by atoms with E-state index in [9.17, 15) is 4.79 Å². The Hall–Kier alpha value is -1.88. The van der Waals surface area contributed by atoms with Gasteiger partial charge in [0.2, 0.25) is 0 Å². The van der Waals surface area contributed by atoms with E-state index < -0.39 is 0 Å². The van der Waals surface area contributed by atoms with Gasteiger partial charge in [-0.05, 0) is 31.9 Å². The highest BCUT2D eigenvalue weighted by Crippen LogP contribution is 2.14. The largest absolute Gasteiger partial charge is 0.297 e. The molecule has 0 atom stereocenters. The zero-order valence-corrected chi connectivity index (χ0v) is 9.32. The van der Waals surface area contributed by atoms with Gasteiger partial charge in [-0.15, -0.1) is 0 Å². The molecule has 0 rings (SSSR count). The van der Waals surface area contributed by atoms with Crippen LogP contribution in [0.5, 0.6) is 0 Å². The summed E-state index contributed by atoms with van der Waals surface area (Å²) in [4.78, 5) is 10.6. The Labute approximate surface area is 90.9 Å². The third-order valence-corrected chi connectivity index (χ3v) is 1.97. The number of hydrogen-bond acceptors (Lipinski definition) is 2. The number of hydrogen-bond donors (Lipinski definition) is 0. The minimum Gasteiger partial charge on any atom is -0.297 e. The maximum absolute atomic E-state index is 10.6. The van der Waals surface area contributed by atoms with Crippen molar-refractivity contribution >= 4 is 6.29 Å². The first-order valence-electron chi connectivity index (χ1n) is 4.73. The number of carbonyl (C=O) groups is 1. The van der Waals surface area contributed by atoms with Crippen LogP contribution in [0.1, 0.15) is 20.8 Å². The van der Waals surface area contributed by atoms with Crippen LogP contribution in [-0.2, 0) is 4.79 Å². The van der Waals surface area contributed by atoms with Crippen LogP contribution >= 0.6 is 0 Å². The van der Waals surface area contributed by atoms with E-state index in [1.807, 2.05) is 50.3 Å². The monoisotopic (exact) mass is 201 g/mol. The Bertz CT molecular complexity index is 376. The van der Waals surface area contributed by atoms with Gasteiger partial charge in [0.15, 0.2) is 6.29 Å². The summed E-state index contributed by atoms with van der Waals surface area (Å²) in [6.45, 7) is 5.56. The summed E-state index contributed by atoms with van der Waals surface area (Å²) in [5.41, 5.74) is 1.76. The van der Waals surface area contributed by atoms with E-state index in [1.54, 1.807) is 6.92 Å². The lowest BCUT2D eigenvalue weighted by atomic mass is 10.0. The summed E-state index contributed by atoms with van der Waals surface area (Å²) in [6, 6.07) is 1.88. The predicted octanol–water partition coefficient (Wildman–Crippen LogP) is 3.10. The van der Waals surface area contributed by atoms with E-state index in [1.165, 1.54) is 0 Å². The molecule has 0 bridgehead atoms. The van der Waals surface area contributed by atoms with E-state index in [0.29, 0.717) is 11.9 Å². The molecule has 0 aliphatic carbocycles. The summed E-state index contributed by atoms with van der Waals surface area (Å²) in [5.74, 6) is 0. The molecule has 0 aliphatic rings. The second-order valence-electron chi connectivity index (χ2n) is 2.90. The van der Waals surface area contributed by atoms with Crippen molar-refractivity contribution in [2.24, 2.45) is 0 Å². The van der Waals surface area contributed by atoms with E-state index in [0.717, 1.165) is 5.57 Å². The maximum Gasteiger partial charge on any atom is 0.160 e. The maximum atomic E-state index is 10.6. The smallest absolute Gasteiger partial charge is 0.160 e. The van der Waals surface area contributed by atoms with E-state index in [4.69, 9.17) is 5.26 Å². The summed E-state index contributed by atoms with van der Waals surface area (Å²) >= 11 is 0. The van der Waals surface area contributed by atoms with Crippen LogP contribution in [-0.4, -0.2) is 6.29 Å². The second-order valence-corrected chi connectivity index (χ2v) is 2.90. The number of aldehydes is 1. The van der Waals surface area contributed by atoms with Crippen molar-refractivity contribution in [2.45, 2.75) is 20.8 Å². The average molecular weight is 201 g/mol. The predicted molar refractivity (Wildman–Crippen MR) is 62.1 cm³/mol. The molecule has 0 aliphatic heterocycles. The van der Waals surface area contributed by atoms with E-state index in [2.05, 4.69) is 0 Å². The van der Waals surface area contributed by atoms with Crippen LogP contribution in [0.4, 0.5) is 0 Å². The molecule has 0 N–H and O–H groups in total. The number of nitriles is 1. The molecule has 0 heterocycles. The summed E-state index contributed by atoms with van der Waals surface area (Å²) < 4.78 is 0. The molecule has 2 nitrogen and oxygen atoms in total. The van der Waals surface area contributed by atoms with Gasteiger partial charge in [-0.3, -0.25) is 4.79 Å². The Balaban J connectivity index is 5.11. The standard InChI is InChI=1S/C13H15NO/c1-4-6-7-8-12(5-2)11(3)13(9-14)10-15/h4-8,10H,1-3H3/b6-4-,8-7-,12-5+,13-11+. The lowest BCUT2D eigenvalue weighted by Gasteiger charge is -2.01. The fourth-order valence-corrected chi connectivity index (χ4v) is 1.06. The second kappa shape index (κ2) is 7.52. The van der Waals surface area contributed by atoms with Gasteiger partial charge in [0.05, 0.1) is 5.57 Å². The van der Waals surface area contributed by atoms with Crippen molar-refractivity contribution in [1.29, 1.82) is 5.26 Å². The van der Waals surface area contributed by atoms with Crippen molar-refractivity contribution in [3.8, 4) is 6.07 Å². The molecule has 0 aromatic carbocycles. The van der Waals surface area contributed by atoms with Crippen LogP contribution in [0, 0.1) is 11.3 Å². The zero-order valence-electron chi connectivity index (χ0n) is 9.32. The zero-order chi connectivity index (χ0) is 11.7. The molecule has 0 unspecified atom stereocenters. The molecule has 78 valence electrons. The average Bonchev–Trinajstić information content (AvgIpc) is 2.26. The normalized spacial score (nSPS) is 14.1. The highest BCUT2D eigenvalue weighted by Gasteiger charge is 2.02. The fourth-order valence-electron chi connectivity index (χ4n) is 1.06. The molecule has 0 saturated heterocycles. The Morgan fingerprint density at radius 3 is 2.33 bits per heavy atom. The van der Waals surface area contributed by atoms with Crippen molar-refractivity contribution in [3.05, 3.63) is 47.1 Å². The molecule has 2 heteroatoms. The molecule has 0 fully saturated rings. The Kier molecular flexibility index (Phi) is 6.57. The van der Waals surface area contributed by atoms with Crippen molar-refractivity contribution in [1.82, 2.24) is 0 Å². The van der Waals surface area contributed by atoms with Crippen LogP contribution in [0.2, 0.25) is 0 Å². The van der Waals surface area contributed by atoms with E-state index >= 15 is 0 Å². The van der Waals surface area contributed by atoms with Crippen LogP contribution in [0.15, 0.2) is 47.1 Å². The quantitative estimate of drug-likeness (QED) is 0.303. The lowest BCUT2D eigenvalue weighted by Crippen LogP contribution is -1.90. The first-order valence-corrected chi connectivity index (χ1v) is 4.73. The third kappa shape index (κ3) is 4.24. The highest BCUT2D eigenvalue weighted by molar-refractivity contribution is 5.82. The minimum atomic E-state index is 0.174. The lowest BCUT2D eigenvalue weighted by molar-refractivity contribution is -0.104. The Morgan fingerprint density at radius 1 is 1.27 bits per heavy atom. The first-order chi connectivity index (χ1) is 7.21. The van der Waals surface area contributed by atoms with Crippen LogP contribution in [0.25, 0.3) is 0 Å². The SMILES string of the molecule is C\C=C/C=C\C(=C/C)C(\C)=C(/C#N)C=O. The summed E-state index contributed by atoms with van der Waals surface area (Å²) in [6.07, 6.45) is 10.0. The van der Waals surface area contributed by atoms with Gasteiger partial charge in [-0.2, -0.15) is 5.26 Å². The van der Waals surface area contributed by atoms with Crippen molar-refractivity contribution < 1.29 is 4.79 Å². The summed E-state index contributed by atoms with van der Waals surface area (Å²) in [7, 11) is 0. The third-order valence-electron chi connectivity index (χ3n) is 1.97. The molecule has 0 radical (unpaired) electrons.